The van der Waals surface area contributed by atoms with E-state index in [2.05, 4.69) is 10.4 Å². The van der Waals surface area contributed by atoms with Crippen molar-refractivity contribution in [2.75, 3.05) is 0 Å². The van der Waals surface area contributed by atoms with Crippen molar-refractivity contribution in [1.29, 1.82) is 0 Å². The van der Waals surface area contributed by atoms with Gasteiger partial charge < -0.3 is 10.4 Å². The van der Waals surface area contributed by atoms with Gasteiger partial charge in [0.15, 0.2) is 0 Å². The zero-order chi connectivity index (χ0) is 15.0. The normalized spacial score (nSPS) is 29.8. The van der Waals surface area contributed by atoms with E-state index in [0.29, 0.717) is 6.54 Å². The molecule has 1 aromatic rings. The van der Waals surface area contributed by atoms with Gasteiger partial charge in [0.1, 0.15) is 0 Å². The number of nitrogens with one attached hydrogen (secondary N) is 1. The lowest BCUT2D eigenvalue weighted by Crippen LogP contribution is -2.39. The smallest absolute Gasteiger partial charge is 0.307 e. The number of carboxylic acids is 1. The van der Waals surface area contributed by atoms with Crippen molar-refractivity contribution in [1.82, 2.24) is 15.1 Å². The molecule has 1 fully saturated rings. The molecule has 3 rings (SSSR count). The highest BCUT2D eigenvalue weighted by Gasteiger charge is 2.51. The van der Waals surface area contributed by atoms with E-state index in [1.54, 1.807) is 10.9 Å². The molecule has 2 bridgehead atoms. The summed E-state index contributed by atoms with van der Waals surface area (Å²) in [5, 5.41) is 16.4. The lowest BCUT2D eigenvalue weighted by molar-refractivity contribution is -0.147. The summed E-state index contributed by atoms with van der Waals surface area (Å²) in [7, 11) is 0. The van der Waals surface area contributed by atoms with E-state index in [1.165, 1.54) is 0 Å². The summed E-state index contributed by atoms with van der Waals surface area (Å²) in [6.45, 7) is 3.17. The Hall–Kier alpha value is -2.11. The van der Waals surface area contributed by atoms with Crippen LogP contribution in [0.25, 0.3) is 0 Å². The summed E-state index contributed by atoms with van der Waals surface area (Å²) >= 11 is 0. The average Bonchev–Trinajstić information content (AvgIpc) is 3.18. The third-order valence-electron chi connectivity index (χ3n) is 4.52. The van der Waals surface area contributed by atoms with Crippen LogP contribution in [0.2, 0.25) is 0 Å². The van der Waals surface area contributed by atoms with Crippen LogP contribution in [0, 0.1) is 23.7 Å². The van der Waals surface area contributed by atoms with Gasteiger partial charge in [-0.3, -0.25) is 14.3 Å². The molecule has 0 saturated heterocycles. The Labute approximate surface area is 122 Å². The Morgan fingerprint density at radius 2 is 2.10 bits per heavy atom. The number of carbonyl (C=O) groups excluding carboxylic acids is 1. The SMILES string of the molecule is CCn1cc(CNC(=O)[C@H]2[C@H](C(=O)O)[C@H]3C=C[C@H]2C3)cn1. The molecular weight excluding hydrogens is 270 g/mol. The Balaban J connectivity index is 1.65. The van der Waals surface area contributed by atoms with Gasteiger partial charge in [0, 0.05) is 24.8 Å². The van der Waals surface area contributed by atoms with E-state index in [0.717, 1.165) is 18.5 Å². The molecule has 2 N–H and O–H groups in total. The van der Waals surface area contributed by atoms with Gasteiger partial charge in [-0.05, 0) is 25.2 Å². The summed E-state index contributed by atoms with van der Waals surface area (Å²) in [5.41, 5.74) is 0.927. The number of allylic oxidation sites excluding steroid dienone is 2. The quantitative estimate of drug-likeness (QED) is 0.793. The molecule has 1 saturated carbocycles. The second-order valence-electron chi connectivity index (χ2n) is 5.76. The summed E-state index contributed by atoms with van der Waals surface area (Å²) in [6, 6.07) is 0. The van der Waals surface area contributed by atoms with E-state index < -0.39 is 17.8 Å². The average molecular weight is 289 g/mol. The van der Waals surface area contributed by atoms with Crippen LogP contribution in [0.5, 0.6) is 0 Å². The fourth-order valence-electron chi connectivity index (χ4n) is 3.49. The van der Waals surface area contributed by atoms with E-state index >= 15 is 0 Å². The highest BCUT2D eigenvalue weighted by Crippen LogP contribution is 2.48. The van der Waals surface area contributed by atoms with Crippen molar-refractivity contribution in [3.63, 3.8) is 0 Å². The number of hydrogen-bond donors (Lipinski definition) is 2. The van der Waals surface area contributed by atoms with Gasteiger partial charge in [0.05, 0.1) is 18.0 Å². The van der Waals surface area contributed by atoms with Gasteiger partial charge in [-0.2, -0.15) is 5.10 Å². The van der Waals surface area contributed by atoms with Crippen molar-refractivity contribution in [3.05, 3.63) is 30.1 Å². The molecule has 112 valence electrons. The molecule has 2 aliphatic carbocycles. The first kappa shape index (κ1) is 13.9. The number of aromatic nitrogens is 2. The maximum absolute atomic E-state index is 12.4. The molecule has 0 spiro atoms. The first-order chi connectivity index (χ1) is 10.1. The van der Waals surface area contributed by atoms with Crippen LogP contribution in [-0.2, 0) is 22.7 Å². The molecule has 1 amide bonds. The third-order valence-corrected chi connectivity index (χ3v) is 4.52. The third kappa shape index (κ3) is 2.46. The minimum absolute atomic E-state index is 0.00564. The van der Waals surface area contributed by atoms with Crippen molar-refractivity contribution in [2.24, 2.45) is 23.7 Å². The van der Waals surface area contributed by atoms with Crippen molar-refractivity contribution < 1.29 is 14.7 Å². The Morgan fingerprint density at radius 3 is 2.71 bits per heavy atom. The summed E-state index contributed by atoms with van der Waals surface area (Å²) in [4.78, 5) is 23.8. The van der Waals surface area contributed by atoms with Crippen LogP contribution >= 0.6 is 0 Å². The number of hydrogen-bond acceptors (Lipinski definition) is 3. The zero-order valence-corrected chi connectivity index (χ0v) is 11.9. The largest absolute Gasteiger partial charge is 0.481 e. The molecular formula is C15H19N3O3. The van der Waals surface area contributed by atoms with Crippen LogP contribution < -0.4 is 5.32 Å². The first-order valence-corrected chi connectivity index (χ1v) is 7.30. The Morgan fingerprint density at radius 1 is 1.38 bits per heavy atom. The van der Waals surface area contributed by atoms with Crippen LogP contribution in [0.3, 0.4) is 0 Å². The van der Waals surface area contributed by atoms with Crippen molar-refractivity contribution in [2.45, 2.75) is 26.4 Å². The van der Waals surface area contributed by atoms with Crippen molar-refractivity contribution >= 4 is 11.9 Å². The lowest BCUT2D eigenvalue weighted by atomic mass is 9.82. The maximum Gasteiger partial charge on any atom is 0.307 e. The molecule has 0 unspecified atom stereocenters. The minimum Gasteiger partial charge on any atom is -0.481 e. The monoisotopic (exact) mass is 289 g/mol. The number of rotatable bonds is 5. The second kappa shape index (κ2) is 5.35. The fraction of sp³-hybridized carbons (Fsp3) is 0.533. The number of nitrogens with zero attached hydrogens (tertiary/aromatic N) is 2. The van der Waals surface area contributed by atoms with E-state index in [9.17, 15) is 14.7 Å². The number of fused-ring (bicyclic) bond motifs is 2. The van der Waals surface area contributed by atoms with Crippen LogP contribution in [-0.4, -0.2) is 26.8 Å². The second-order valence-corrected chi connectivity index (χ2v) is 5.76. The summed E-state index contributed by atoms with van der Waals surface area (Å²) < 4.78 is 1.79. The molecule has 4 atom stereocenters. The van der Waals surface area contributed by atoms with Gasteiger partial charge >= 0.3 is 5.97 Å². The predicted molar refractivity (Wildman–Crippen MR) is 75.1 cm³/mol. The number of aryl methyl sites for hydroxylation is 1. The topological polar surface area (TPSA) is 84.2 Å². The van der Waals surface area contributed by atoms with Crippen molar-refractivity contribution in [3.8, 4) is 0 Å². The van der Waals surface area contributed by atoms with Crippen LogP contribution in [0.4, 0.5) is 0 Å². The van der Waals surface area contributed by atoms with Gasteiger partial charge in [-0.15, -0.1) is 0 Å². The molecule has 1 aromatic heterocycles. The van der Waals surface area contributed by atoms with Gasteiger partial charge in [0.2, 0.25) is 5.91 Å². The molecule has 2 aliphatic rings. The number of carbonyl (C=O) groups is 2. The predicted octanol–water partition coefficient (Wildman–Crippen LogP) is 1.04. The molecule has 0 aromatic carbocycles. The minimum atomic E-state index is -0.870. The van der Waals surface area contributed by atoms with Crippen LogP contribution in [0.15, 0.2) is 24.5 Å². The molecule has 6 heteroatoms. The van der Waals surface area contributed by atoms with E-state index in [1.807, 2.05) is 25.3 Å². The Kier molecular flexibility index (Phi) is 3.53. The molecule has 6 nitrogen and oxygen atoms in total. The highest BCUT2D eigenvalue weighted by molar-refractivity contribution is 5.86. The fourth-order valence-corrected chi connectivity index (χ4v) is 3.49. The highest BCUT2D eigenvalue weighted by atomic mass is 16.4. The lowest BCUT2D eigenvalue weighted by Gasteiger charge is -2.23. The summed E-state index contributed by atoms with van der Waals surface area (Å²) in [6.07, 6.45) is 8.32. The van der Waals surface area contributed by atoms with Gasteiger partial charge in [-0.25, -0.2) is 0 Å². The molecule has 0 aliphatic heterocycles. The number of amides is 1. The van der Waals surface area contributed by atoms with E-state index in [-0.39, 0.29) is 17.7 Å². The first-order valence-electron chi connectivity index (χ1n) is 7.30. The summed E-state index contributed by atoms with van der Waals surface area (Å²) in [5.74, 6) is -1.99. The maximum atomic E-state index is 12.4. The van der Waals surface area contributed by atoms with Crippen LogP contribution in [0.1, 0.15) is 18.9 Å². The Bertz CT molecular complexity index is 593. The molecule has 21 heavy (non-hydrogen) atoms. The van der Waals surface area contributed by atoms with Gasteiger partial charge in [0.25, 0.3) is 0 Å². The van der Waals surface area contributed by atoms with E-state index in [4.69, 9.17) is 0 Å². The number of aliphatic carboxylic acids is 1. The zero-order valence-electron chi connectivity index (χ0n) is 11.9. The number of carboxylic acid groups (broad SMARTS) is 1. The standard InChI is InChI=1S/C15H19N3O3/c1-2-18-8-9(7-17-18)6-16-14(19)12-10-3-4-11(5-10)13(12)15(20)21/h3-4,7-8,10-13H,2,5-6H2,1H3,(H,16,19)(H,20,21)/t10-,11-,12+,13+/m0/s1. The molecule has 0 radical (unpaired) electrons. The molecule has 1 heterocycles. The van der Waals surface area contributed by atoms with Gasteiger partial charge in [-0.1, -0.05) is 12.2 Å².